The number of carbonyl (C=O) groups is 1. The van der Waals surface area contributed by atoms with Gasteiger partial charge in [0.2, 0.25) is 8.32 Å². The summed E-state index contributed by atoms with van der Waals surface area (Å²) in [4.78, 5) is 10.9. The molecule has 0 fully saturated rings. The van der Waals surface area contributed by atoms with Gasteiger partial charge in [-0.3, -0.25) is 0 Å². The Kier molecular flexibility index (Phi) is 7.37. The van der Waals surface area contributed by atoms with Gasteiger partial charge < -0.3 is 14.0 Å². The summed E-state index contributed by atoms with van der Waals surface area (Å²) >= 11 is 0. The number of methoxy groups -OCH3 is 1. The molecular formula is C26H30O3Si. The van der Waals surface area contributed by atoms with Crippen LogP contribution in [0.25, 0.3) is 0 Å². The minimum absolute atomic E-state index is 0.219. The first-order valence-electron chi connectivity index (χ1n) is 10.3. The Morgan fingerprint density at radius 3 is 1.53 bits per heavy atom. The molecule has 3 nitrogen and oxygen atoms in total. The molecule has 0 amide bonds. The van der Waals surface area contributed by atoms with Crippen LogP contribution in [0.2, 0.25) is 13.1 Å². The van der Waals surface area contributed by atoms with Crippen LogP contribution in [0.4, 0.5) is 0 Å². The van der Waals surface area contributed by atoms with E-state index in [9.17, 15) is 4.79 Å². The van der Waals surface area contributed by atoms with Gasteiger partial charge in [0.05, 0.1) is 11.1 Å². The molecule has 30 heavy (non-hydrogen) atoms. The van der Waals surface area contributed by atoms with E-state index in [1.807, 2.05) is 18.2 Å². The maximum absolute atomic E-state index is 10.9. The van der Waals surface area contributed by atoms with Gasteiger partial charge in [-0.15, -0.1) is 0 Å². The number of hydrogen-bond acceptors (Lipinski definition) is 3. The molecule has 0 radical (unpaired) electrons. The molecule has 0 saturated heterocycles. The molecule has 0 spiro atoms. The van der Waals surface area contributed by atoms with Gasteiger partial charge in [-0.25, -0.2) is 0 Å². The molecule has 0 heterocycles. The topological polar surface area (TPSA) is 35.5 Å². The fraction of sp³-hybridized carbons (Fsp3) is 0.269. The van der Waals surface area contributed by atoms with Crippen molar-refractivity contribution in [3.05, 3.63) is 108 Å². The molecule has 0 unspecified atom stereocenters. The number of aldehydes is 1. The maximum atomic E-state index is 10.9. The van der Waals surface area contributed by atoms with Crippen molar-refractivity contribution in [2.75, 3.05) is 13.7 Å². The van der Waals surface area contributed by atoms with E-state index in [1.165, 1.54) is 0 Å². The average Bonchev–Trinajstić information content (AvgIpc) is 2.79. The molecule has 0 aliphatic rings. The predicted octanol–water partition coefficient (Wildman–Crippen LogP) is 5.39. The lowest BCUT2D eigenvalue weighted by Crippen LogP contribution is -2.59. The first kappa shape index (κ1) is 22.2. The Morgan fingerprint density at radius 2 is 1.20 bits per heavy atom. The summed E-state index contributed by atoms with van der Waals surface area (Å²) in [5.74, 6) is 0. The standard InChI is InChI=1S/C26H30O3Si/c1-28-25(30(2,3)29-21-13-20-27)26(22-14-7-4-8-15-22,23-16-9-5-10-17-23)24-18-11-6-12-19-24/h4-12,14-20,25H,13,21H2,1-3H3/t25-/m1/s1. The Labute approximate surface area is 180 Å². The molecule has 4 heteroatoms. The van der Waals surface area contributed by atoms with Crippen molar-refractivity contribution >= 4 is 14.6 Å². The third-order valence-electron chi connectivity index (χ3n) is 5.66. The first-order valence-corrected chi connectivity index (χ1v) is 13.3. The molecule has 156 valence electrons. The molecule has 0 aliphatic carbocycles. The van der Waals surface area contributed by atoms with Crippen molar-refractivity contribution in [3.8, 4) is 0 Å². The van der Waals surface area contributed by atoms with E-state index in [-0.39, 0.29) is 5.73 Å². The lowest BCUT2D eigenvalue weighted by molar-refractivity contribution is -0.108. The second-order valence-electron chi connectivity index (χ2n) is 7.93. The Bertz CT molecular complexity index is 814. The third kappa shape index (κ3) is 4.31. The smallest absolute Gasteiger partial charge is 0.216 e. The molecule has 0 N–H and O–H groups in total. The largest absolute Gasteiger partial charge is 0.414 e. The van der Waals surface area contributed by atoms with Crippen LogP contribution in [-0.4, -0.2) is 34.0 Å². The van der Waals surface area contributed by atoms with E-state index >= 15 is 0 Å². The lowest BCUT2D eigenvalue weighted by atomic mass is 9.69. The second kappa shape index (κ2) is 9.98. The van der Waals surface area contributed by atoms with Crippen LogP contribution >= 0.6 is 0 Å². The van der Waals surface area contributed by atoms with Crippen molar-refractivity contribution in [1.82, 2.24) is 0 Å². The van der Waals surface area contributed by atoms with E-state index < -0.39 is 13.7 Å². The summed E-state index contributed by atoms with van der Waals surface area (Å²) in [6.45, 7) is 4.77. The van der Waals surface area contributed by atoms with Gasteiger partial charge in [-0.1, -0.05) is 91.0 Å². The molecule has 0 aliphatic heterocycles. The van der Waals surface area contributed by atoms with Gasteiger partial charge in [-0.05, 0) is 29.8 Å². The highest BCUT2D eigenvalue weighted by molar-refractivity contribution is 6.73. The van der Waals surface area contributed by atoms with Crippen LogP contribution in [0.5, 0.6) is 0 Å². The molecule has 0 saturated carbocycles. The van der Waals surface area contributed by atoms with Crippen molar-refractivity contribution in [2.45, 2.75) is 30.7 Å². The monoisotopic (exact) mass is 418 g/mol. The second-order valence-corrected chi connectivity index (χ2v) is 11.9. The predicted molar refractivity (Wildman–Crippen MR) is 124 cm³/mol. The minimum Gasteiger partial charge on any atom is -0.414 e. The van der Waals surface area contributed by atoms with Gasteiger partial charge in [0.25, 0.3) is 0 Å². The van der Waals surface area contributed by atoms with Gasteiger partial charge in [0.1, 0.15) is 6.29 Å². The van der Waals surface area contributed by atoms with Crippen LogP contribution in [0.1, 0.15) is 23.1 Å². The van der Waals surface area contributed by atoms with Crippen LogP contribution in [-0.2, 0) is 19.4 Å². The Hall–Kier alpha value is -2.53. The lowest BCUT2D eigenvalue weighted by Gasteiger charge is -2.47. The van der Waals surface area contributed by atoms with Crippen molar-refractivity contribution in [1.29, 1.82) is 0 Å². The SMILES string of the molecule is CO[C@@H](C(c1ccccc1)(c1ccccc1)c1ccccc1)[Si](C)(C)OCCC=O. The summed E-state index contributed by atoms with van der Waals surface area (Å²) in [5, 5.41) is 0. The molecule has 0 aromatic heterocycles. The van der Waals surface area contributed by atoms with Crippen molar-refractivity contribution in [3.63, 3.8) is 0 Å². The fourth-order valence-corrected chi connectivity index (χ4v) is 7.39. The molecule has 3 aromatic carbocycles. The molecule has 1 atom stereocenters. The number of ether oxygens (including phenoxy) is 1. The minimum atomic E-state index is -2.43. The van der Waals surface area contributed by atoms with E-state index in [1.54, 1.807) is 7.11 Å². The number of carbonyl (C=O) groups excluding carboxylic acids is 1. The summed E-state index contributed by atoms with van der Waals surface area (Å²) in [5.41, 5.74) is 2.72. The Morgan fingerprint density at radius 1 is 0.800 bits per heavy atom. The van der Waals surface area contributed by atoms with Gasteiger partial charge in [0, 0.05) is 20.1 Å². The number of hydrogen-bond donors (Lipinski definition) is 0. The highest BCUT2D eigenvalue weighted by Gasteiger charge is 2.52. The molecular weight excluding hydrogens is 388 g/mol. The van der Waals surface area contributed by atoms with E-state index in [0.717, 1.165) is 23.0 Å². The van der Waals surface area contributed by atoms with E-state index in [2.05, 4.69) is 85.9 Å². The zero-order valence-corrected chi connectivity index (χ0v) is 19.0. The maximum Gasteiger partial charge on any atom is 0.216 e. The number of rotatable bonds is 10. The fourth-order valence-electron chi connectivity index (χ4n) is 4.49. The summed E-state index contributed by atoms with van der Waals surface area (Å²) in [6, 6.07) is 31.6. The first-order chi connectivity index (χ1) is 14.6. The highest BCUT2D eigenvalue weighted by Crippen LogP contribution is 2.46. The Balaban J connectivity index is 2.31. The normalized spacial score (nSPS) is 13.0. The summed E-state index contributed by atoms with van der Waals surface area (Å²) in [6.07, 6.45) is 1.30. The van der Waals surface area contributed by atoms with Crippen molar-refractivity contribution in [2.24, 2.45) is 0 Å². The quantitative estimate of drug-likeness (QED) is 0.192. The van der Waals surface area contributed by atoms with Crippen LogP contribution < -0.4 is 0 Å². The van der Waals surface area contributed by atoms with Crippen LogP contribution in [0.15, 0.2) is 91.0 Å². The van der Waals surface area contributed by atoms with Crippen LogP contribution in [0, 0.1) is 0 Å². The molecule has 0 bridgehead atoms. The van der Waals surface area contributed by atoms with Gasteiger partial charge >= 0.3 is 0 Å². The van der Waals surface area contributed by atoms with E-state index in [4.69, 9.17) is 9.16 Å². The zero-order valence-electron chi connectivity index (χ0n) is 18.0. The highest BCUT2D eigenvalue weighted by atomic mass is 28.4. The molecule has 3 aromatic rings. The third-order valence-corrected chi connectivity index (χ3v) is 8.54. The molecule has 3 rings (SSSR count). The van der Waals surface area contributed by atoms with Gasteiger partial charge in [0.15, 0.2) is 0 Å². The van der Waals surface area contributed by atoms with Crippen molar-refractivity contribution < 1.29 is 14.0 Å². The van der Waals surface area contributed by atoms with Gasteiger partial charge in [-0.2, -0.15) is 0 Å². The van der Waals surface area contributed by atoms with E-state index in [0.29, 0.717) is 13.0 Å². The summed E-state index contributed by atoms with van der Waals surface area (Å²) < 4.78 is 12.7. The summed E-state index contributed by atoms with van der Waals surface area (Å²) in [7, 11) is -0.665. The zero-order chi connectivity index (χ0) is 21.5. The van der Waals surface area contributed by atoms with Crippen LogP contribution in [0.3, 0.4) is 0 Å². The number of benzene rings is 3. The average molecular weight is 419 g/mol.